The monoisotopic (exact) mass is 491 g/mol. The van der Waals surface area contributed by atoms with E-state index < -0.39 is 10.0 Å². The fraction of sp³-hybridized carbons (Fsp3) is 0.231. The quantitative estimate of drug-likeness (QED) is 0.537. The molecule has 1 fully saturated rings. The molecule has 0 bridgehead atoms. The van der Waals surface area contributed by atoms with Crippen molar-refractivity contribution in [1.82, 2.24) is 9.29 Å². The molecule has 8 heteroatoms. The minimum Gasteiger partial charge on any atom is -0.298 e. The van der Waals surface area contributed by atoms with Gasteiger partial charge in [0.05, 0.1) is 10.6 Å². The minimum atomic E-state index is -3.61. The molecule has 1 aromatic heterocycles. The van der Waals surface area contributed by atoms with Gasteiger partial charge in [-0.1, -0.05) is 54.1 Å². The van der Waals surface area contributed by atoms with Gasteiger partial charge in [0.1, 0.15) is 0 Å². The molecule has 3 aromatic rings. The van der Waals surface area contributed by atoms with Crippen LogP contribution in [0.4, 0.5) is 5.13 Å². The van der Waals surface area contributed by atoms with Crippen LogP contribution in [0, 0.1) is 18.8 Å². The number of amides is 1. The number of hydrogen-bond donors (Lipinski definition) is 1. The number of thiazole rings is 1. The minimum absolute atomic E-state index is 0.203. The molecule has 1 aliphatic heterocycles. The topological polar surface area (TPSA) is 79.4 Å². The molecule has 0 radical (unpaired) electrons. The van der Waals surface area contributed by atoms with Crippen LogP contribution in [0.25, 0.3) is 11.3 Å². The van der Waals surface area contributed by atoms with Crippen LogP contribution in [-0.4, -0.2) is 36.7 Å². The zero-order chi connectivity index (χ0) is 23.7. The number of benzene rings is 2. The Labute approximate surface area is 203 Å². The third-order valence-electron chi connectivity index (χ3n) is 6.33. The molecule has 2 atom stereocenters. The number of anilines is 1. The first-order valence-electron chi connectivity index (χ1n) is 11.2. The van der Waals surface area contributed by atoms with Crippen molar-refractivity contribution < 1.29 is 13.2 Å². The molecule has 1 N–H and O–H groups in total. The van der Waals surface area contributed by atoms with E-state index in [-0.39, 0.29) is 16.7 Å². The fourth-order valence-corrected chi connectivity index (χ4v) is 6.54. The molecule has 5 rings (SSSR count). The third-order valence-corrected chi connectivity index (χ3v) is 8.97. The lowest BCUT2D eigenvalue weighted by atomic mass is 9.83. The maximum Gasteiger partial charge on any atom is 0.257 e. The van der Waals surface area contributed by atoms with Crippen molar-refractivity contribution in [1.29, 1.82) is 0 Å². The van der Waals surface area contributed by atoms with Gasteiger partial charge >= 0.3 is 0 Å². The first-order valence-corrected chi connectivity index (χ1v) is 13.5. The van der Waals surface area contributed by atoms with E-state index in [2.05, 4.69) is 22.5 Å². The summed E-state index contributed by atoms with van der Waals surface area (Å²) in [5.41, 5.74) is 3.34. The van der Waals surface area contributed by atoms with Crippen LogP contribution in [0.3, 0.4) is 0 Å². The summed E-state index contributed by atoms with van der Waals surface area (Å²) in [6.07, 6.45) is 9.07. The SMILES string of the molecule is Cc1ccc(-c2csc(NC(=O)c3ccc(S(=O)(=O)N4CCC5C=CC=CC5C4)cc3)n2)cc1. The van der Waals surface area contributed by atoms with Gasteiger partial charge in [-0.05, 0) is 49.4 Å². The molecule has 1 aliphatic carbocycles. The van der Waals surface area contributed by atoms with E-state index in [1.165, 1.54) is 29.0 Å². The molecule has 2 aliphatic rings. The predicted molar refractivity (Wildman–Crippen MR) is 135 cm³/mol. The number of nitrogens with zero attached hydrogens (tertiary/aromatic N) is 2. The largest absolute Gasteiger partial charge is 0.298 e. The number of carbonyl (C=O) groups excluding carboxylic acids is 1. The molecule has 0 spiro atoms. The molecule has 34 heavy (non-hydrogen) atoms. The highest BCUT2D eigenvalue weighted by molar-refractivity contribution is 7.89. The van der Waals surface area contributed by atoms with E-state index in [9.17, 15) is 13.2 Å². The molecule has 1 saturated heterocycles. The lowest BCUT2D eigenvalue weighted by Crippen LogP contribution is -2.43. The van der Waals surface area contributed by atoms with Gasteiger partial charge in [0.15, 0.2) is 5.13 Å². The summed E-state index contributed by atoms with van der Waals surface area (Å²) in [6, 6.07) is 14.2. The Morgan fingerprint density at radius 1 is 1.03 bits per heavy atom. The highest BCUT2D eigenvalue weighted by atomic mass is 32.2. The Kier molecular flexibility index (Phi) is 6.20. The highest BCUT2D eigenvalue weighted by Crippen LogP contribution is 2.32. The van der Waals surface area contributed by atoms with Crippen molar-refractivity contribution in [3.05, 3.63) is 89.3 Å². The Bertz CT molecular complexity index is 1360. The summed E-state index contributed by atoms with van der Waals surface area (Å²) in [7, 11) is -3.61. The van der Waals surface area contributed by atoms with Crippen molar-refractivity contribution in [2.24, 2.45) is 11.8 Å². The zero-order valence-electron chi connectivity index (χ0n) is 18.7. The van der Waals surface area contributed by atoms with Crippen LogP contribution in [0.15, 0.2) is 83.1 Å². The highest BCUT2D eigenvalue weighted by Gasteiger charge is 2.34. The van der Waals surface area contributed by atoms with Gasteiger partial charge in [0, 0.05) is 29.6 Å². The lowest BCUT2D eigenvalue weighted by Gasteiger charge is -2.36. The van der Waals surface area contributed by atoms with Crippen LogP contribution in [0.5, 0.6) is 0 Å². The first-order chi connectivity index (χ1) is 16.4. The summed E-state index contributed by atoms with van der Waals surface area (Å²) >= 11 is 1.35. The molecular formula is C26H25N3O3S2. The van der Waals surface area contributed by atoms with Crippen molar-refractivity contribution in [3.8, 4) is 11.3 Å². The number of aryl methyl sites for hydroxylation is 1. The number of fused-ring (bicyclic) bond motifs is 1. The number of piperidine rings is 1. The molecule has 2 heterocycles. The normalized spacial score (nSPS) is 20.1. The fourth-order valence-electron chi connectivity index (χ4n) is 4.33. The van der Waals surface area contributed by atoms with Gasteiger partial charge in [-0.3, -0.25) is 10.1 Å². The van der Waals surface area contributed by atoms with E-state index >= 15 is 0 Å². The number of carbonyl (C=O) groups is 1. The van der Waals surface area contributed by atoms with Gasteiger partial charge in [-0.15, -0.1) is 11.3 Å². The first kappa shape index (κ1) is 22.7. The summed E-state index contributed by atoms with van der Waals surface area (Å²) < 4.78 is 27.9. The van der Waals surface area contributed by atoms with Gasteiger partial charge in [-0.25, -0.2) is 13.4 Å². The second kappa shape index (κ2) is 9.29. The van der Waals surface area contributed by atoms with E-state index in [1.54, 1.807) is 16.4 Å². The summed E-state index contributed by atoms with van der Waals surface area (Å²) in [4.78, 5) is 17.4. The maximum atomic E-state index is 13.2. The van der Waals surface area contributed by atoms with Crippen molar-refractivity contribution >= 4 is 32.4 Å². The standard InChI is InChI=1S/C26H25N3O3S2/c1-18-6-8-20(9-7-18)24-17-33-26(27-24)28-25(30)21-10-12-23(13-11-21)34(31,32)29-15-14-19-4-2-3-5-22(19)16-29/h2-13,17,19,22H,14-16H2,1H3,(H,27,28,30). The Morgan fingerprint density at radius 3 is 2.47 bits per heavy atom. The van der Waals surface area contributed by atoms with E-state index in [4.69, 9.17) is 0 Å². The van der Waals surface area contributed by atoms with Crippen LogP contribution >= 0.6 is 11.3 Å². The second-order valence-electron chi connectivity index (χ2n) is 8.63. The molecule has 6 nitrogen and oxygen atoms in total. The third kappa shape index (κ3) is 4.61. The van der Waals surface area contributed by atoms with Crippen molar-refractivity contribution in [2.75, 3.05) is 18.4 Å². The number of nitrogens with one attached hydrogen (secondary N) is 1. The summed E-state index contributed by atoms with van der Waals surface area (Å²) in [5, 5.41) is 5.20. The molecule has 2 aromatic carbocycles. The number of aromatic nitrogens is 1. The number of sulfonamides is 1. The number of rotatable bonds is 5. The lowest BCUT2D eigenvalue weighted by molar-refractivity contribution is 0.102. The molecule has 0 saturated carbocycles. The van der Waals surface area contributed by atoms with Crippen LogP contribution in [0.1, 0.15) is 22.3 Å². The van der Waals surface area contributed by atoms with Gasteiger partial charge in [0.25, 0.3) is 5.91 Å². The zero-order valence-corrected chi connectivity index (χ0v) is 20.4. The summed E-state index contributed by atoms with van der Waals surface area (Å²) in [6.45, 7) is 3.00. The van der Waals surface area contributed by atoms with E-state index in [0.29, 0.717) is 29.7 Å². The average molecular weight is 492 g/mol. The van der Waals surface area contributed by atoms with E-state index in [1.807, 2.05) is 48.7 Å². The Balaban J connectivity index is 1.26. The smallest absolute Gasteiger partial charge is 0.257 e. The predicted octanol–water partition coefficient (Wildman–Crippen LogP) is 5.12. The molecule has 174 valence electrons. The van der Waals surface area contributed by atoms with E-state index in [0.717, 1.165) is 17.7 Å². The molecule has 1 amide bonds. The van der Waals surface area contributed by atoms with Gasteiger partial charge in [0.2, 0.25) is 10.0 Å². The average Bonchev–Trinajstić information content (AvgIpc) is 3.32. The maximum absolute atomic E-state index is 13.2. The van der Waals surface area contributed by atoms with Crippen LogP contribution in [-0.2, 0) is 10.0 Å². The summed E-state index contributed by atoms with van der Waals surface area (Å²) in [5.74, 6) is 0.287. The van der Waals surface area contributed by atoms with Crippen molar-refractivity contribution in [3.63, 3.8) is 0 Å². The van der Waals surface area contributed by atoms with Gasteiger partial charge in [-0.2, -0.15) is 4.31 Å². The number of allylic oxidation sites excluding steroid dienone is 3. The van der Waals surface area contributed by atoms with Crippen molar-refractivity contribution in [2.45, 2.75) is 18.2 Å². The Morgan fingerprint density at radius 2 is 1.74 bits per heavy atom. The van der Waals surface area contributed by atoms with Crippen LogP contribution in [0.2, 0.25) is 0 Å². The number of hydrogen-bond acceptors (Lipinski definition) is 5. The Hall–Kier alpha value is -3.07. The van der Waals surface area contributed by atoms with Crippen LogP contribution < -0.4 is 5.32 Å². The van der Waals surface area contributed by atoms with Gasteiger partial charge < -0.3 is 0 Å². The molecule has 2 unspecified atom stereocenters. The second-order valence-corrected chi connectivity index (χ2v) is 11.4. The molecular weight excluding hydrogens is 466 g/mol.